The molecular weight excluding hydrogens is 330 g/mol. The van der Waals surface area contributed by atoms with Gasteiger partial charge in [0.25, 0.3) is 0 Å². The Kier molecular flexibility index (Phi) is 6.34. The van der Waals surface area contributed by atoms with E-state index in [4.69, 9.17) is 17.0 Å². The van der Waals surface area contributed by atoms with Crippen molar-refractivity contribution in [3.63, 3.8) is 0 Å². The minimum absolute atomic E-state index is 0.745. The lowest BCUT2D eigenvalue weighted by molar-refractivity contribution is 0.415. The molecule has 1 aliphatic carbocycles. The number of fused-ring (bicyclic) bond motifs is 1. The Hall–Kier alpha value is -2.01. The lowest BCUT2D eigenvalue weighted by Gasteiger charge is -2.14. The van der Waals surface area contributed by atoms with Gasteiger partial charge < -0.3 is 20.4 Å². The first-order valence-electron chi connectivity index (χ1n) is 9.10. The predicted molar refractivity (Wildman–Crippen MR) is 108 cm³/mol. The van der Waals surface area contributed by atoms with Crippen LogP contribution in [0.3, 0.4) is 0 Å². The highest BCUT2D eigenvalue weighted by atomic mass is 32.1. The van der Waals surface area contributed by atoms with Crippen molar-refractivity contribution >= 4 is 28.2 Å². The summed E-state index contributed by atoms with van der Waals surface area (Å²) in [7, 11) is 1.69. The molecule has 0 saturated carbocycles. The van der Waals surface area contributed by atoms with Crippen molar-refractivity contribution in [1.82, 2.24) is 15.6 Å². The number of H-pyrrole nitrogens is 1. The van der Waals surface area contributed by atoms with E-state index in [1.165, 1.54) is 36.8 Å². The van der Waals surface area contributed by atoms with Gasteiger partial charge in [-0.1, -0.05) is 11.6 Å². The summed E-state index contributed by atoms with van der Waals surface area (Å²) in [4.78, 5) is 3.44. The molecule has 4 nitrogen and oxygen atoms in total. The van der Waals surface area contributed by atoms with Crippen LogP contribution in [0.25, 0.3) is 10.9 Å². The molecule has 1 heterocycles. The maximum absolute atomic E-state index is 5.36. The van der Waals surface area contributed by atoms with E-state index in [9.17, 15) is 0 Å². The SMILES string of the molecule is COc1ccc2cc(CCNC(=S)NCCC3=CCCCC3)[nH]c2c1. The minimum Gasteiger partial charge on any atom is -0.497 e. The third kappa shape index (κ3) is 5.23. The molecule has 0 saturated heterocycles. The van der Waals surface area contributed by atoms with Gasteiger partial charge in [-0.25, -0.2) is 0 Å². The second-order valence-electron chi connectivity index (χ2n) is 6.54. The number of rotatable bonds is 7. The molecule has 0 atom stereocenters. The van der Waals surface area contributed by atoms with Gasteiger partial charge in [-0.15, -0.1) is 0 Å². The number of nitrogens with one attached hydrogen (secondary N) is 3. The molecule has 0 spiro atoms. The maximum atomic E-state index is 5.36. The molecule has 1 aromatic heterocycles. The maximum Gasteiger partial charge on any atom is 0.166 e. The first kappa shape index (κ1) is 17.8. The number of aromatic nitrogens is 1. The summed E-state index contributed by atoms with van der Waals surface area (Å²) in [6.45, 7) is 1.74. The molecule has 0 fully saturated rings. The zero-order chi connectivity index (χ0) is 17.5. The third-order valence-electron chi connectivity index (χ3n) is 4.68. The number of hydrogen-bond acceptors (Lipinski definition) is 2. The van der Waals surface area contributed by atoms with Crippen molar-refractivity contribution < 1.29 is 4.74 Å². The Labute approximate surface area is 155 Å². The van der Waals surface area contributed by atoms with Crippen LogP contribution in [0.1, 0.15) is 37.8 Å². The molecule has 3 N–H and O–H groups in total. The summed E-state index contributed by atoms with van der Waals surface area (Å²) in [5, 5.41) is 8.55. The molecule has 0 unspecified atom stereocenters. The summed E-state index contributed by atoms with van der Waals surface area (Å²) >= 11 is 5.36. The second kappa shape index (κ2) is 8.90. The van der Waals surface area contributed by atoms with E-state index in [1.807, 2.05) is 12.1 Å². The van der Waals surface area contributed by atoms with Gasteiger partial charge in [0.2, 0.25) is 0 Å². The molecule has 0 bridgehead atoms. The van der Waals surface area contributed by atoms with E-state index in [1.54, 1.807) is 12.7 Å². The van der Waals surface area contributed by atoms with Gasteiger partial charge in [-0.3, -0.25) is 0 Å². The van der Waals surface area contributed by atoms with Gasteiger partial charge >= 0.3 is 0 Å². The Balaban J connectivity index is 1.38. The second-order valence-corrected chi connectivity index (χ2v) is 6.95. The van der Waals surface area contributed by atoms with E-state index >= 15 is 0 Å². The minimum atomic E-state index is 0.745. The lowest BCUT2D eigenvalue weighted by Crippen LogP contribution is -2.37. The van der Waals surface area contributed by atoms with Crippen molar-refractivity contribution in [3.8, 4) is 5.75 Å². The zero-order valence-electron chi connectivity index (χ0n) is 14.9. The van der Waals surface area contributed by atoms with E-state index in [0.29, 0.717) is 0 Å². The highest BCUT2D eigenvalue weighted by Crippen LogP contribution is 2.21. The molecule has 5 heteroatoms. The van der Waals surface area contributed by atoms with E-state index in [-0.39, 0.29) is 0 Å². The van der Waals surface area contributed by atoms with Gasteiger partial charge in [-0.2, -0.15) is 0 Å². The van der Waals surface area contributed by atoms with Gasteiger partial charge in [0.05, 0.1) is 7.11 Å². The normalized spacial score (nSPS) is 14.2. The standard InChI is InChI=1S/C20H27N3OS/c1-24-18-8-7-16-13-17(23-19(16)14-18)10-12-22-20(25)21-11-9-15-5-3-2-4-6-15/h5,7-8,13-14,23H,2-4,6,9-12H2,1H3,(H2,21,22,25). The Morgan fingerprint density at radius 1 is 1.16 bits per heavy atom. The van der Waals surface area contributed by atoms with E-state index < -0.39 is 0 Å². The Morgan fingerprint density at radius 3 is 2.76 bits per heavy atom. The number of hydrogen-bond donors (Lipinski definition) is 3. The number of allylic oxidation sites excluding steroid dienone is 1. The first-order valence-corrected chi connectivity index (χ1v) is 9.50. The molecule has 3 rings (SSSR count). The van der Waals surface area contributed by atoms with Gasteiger partial charge in [0, 0.05) is 36.8 Å². The van der Waals surface area contributed by atoms with Crippen LogP contribution in [0, 0.1) is 0 Å². The number of methoxy groups -OCH3 is 1. The van der Waals surface area contributed by atoms with Crippen molar-refractivity contribution in [2.45, 2.75) is 38.5 Å². The van der Waals surface area contributed by atoms with Crippen LogP contribution in [-0.2, 0) is 6.42 Å². The van der Waals surface area contributed by atoms with Crippen molar-refractivity contribution in [3.05, 3.63) is 41.6 Å². The van der Waals surface area contributed by atoms with E-state index in [0.717, 1.165) is 42.3 Å². The average molecular weight is 358 g/mol. The van der Waals surface area contributed by atoms with Gasteiger partial charge in [0.1, 0.15) is 5.75 Å². The molecule has 0 aliphatic heterocycles. The van der Waals surface area contributed by atoms with Crippen molar-refractivity contribution in [1.29, 1.82) is 0 Å². The van der Waals surface area contributed by atoms with Crippen LogP contribution in [0.5, 0.6) is 5.75 Å². The summed E-state index contributed by atoms with van der Waals surface area (Å²) in [5.74, 6) is 0.873. The topological polar surface area (TPSA) is 49.1 Å². The zero-order valence-corrected chi connectivity index (χ0v) is 15.7. The molecule has 2 aromatic rings. The van der Waals surface area contributed by atoms with Crippen LogP contribution in [0.15, 0.2) is 35.9 Å². The summed E-state index contributed by atoms with van der Waals surface area (Å²) < 4.78 is 5.26. The molecule has 134 valence electrons. The molecular formula is C20H27N3OS. The number of benzene rings is 1. The van der Waals surface area contributed by atoms with Crippen molar-refractivity contribution in [2.24, 2.45) is 0 Å². The smallest absolute Gasteiger partial charge is 0.166 e. The van der Waals surface area contributed by atoms with E-state index in [2.05, 4.69) is 33.8 Å². The van der Waals surface area contributed by atoms with Crippen LogP contribution in [0.4, 0.5) is 0 Å². The summed E-state index contributed by atoms with van der Waals surface area (Å²) in [5.41, 5.74) is 3.89. The quantitative estimate of drug-likeness (QED) is 0.516. The van der Waals surface area contributed by atoms with Crippen LogP contribution in [0.2, 0.25) is 0 Å². The summed E-state index contributed by atoms with van der Waals surface area (Å²) in [6.07, 6.45) is 9.59. The third-order valence-corrected chi connectivity index (χ3v) is 4.97. The summed E-state index contributed by atoms with van der Waals surface area (Å²) in [6, 6.07) is 8.27. The molecule has 25 heavy (non-hydrogen) atoms. The van der Waals surface area contributed by atoms with Gasteiger partial charge in [0.15, 0.2) is 5.11 Å². The molecule has 1 aromatic carbocycles. The monoisotopic (exact) mass is 357 g/mol. The number of ether oxygens (including phenoxy) is 1. The average Bonchev–Trinajstić information content (AvgIpc) is 3.04. The fourth-order valence-corrected chi connectivity index (χ4v) is 3.47. The fraction of sp³-hybridized carbons (Fsp3) is 0.450. The fourth-order valence-electron chi connectivity index (χ4n) is 3.27. The van der Waals surface area contributed by atoms with Crippen LogP contribution >= 0.6 is 12.2 Å². The van der Waals surface area contributed by atoms with Crippen LogP contribution in [-0.4, -0.2) is 30.3 Å². The Morgan fingerprint density at radius 2 is 2.00 bits per heavy atom. The van der Waals surface area contributed by atoms with Crippen LogP contribution < -0.4 is 15.4 Å². The van der Waals surface area contributed by atoms with Crippen molar-refractivity contribution in [2.75, 3.05) is 20.2 Å². The van der Waals surface area contributed by atoms with Gasteiger partial charge in [-0.05, 0) is 67.9 Å². The first-order chi connectivity index (χ1) is 12.2. The molecule has 0 amide bonds. The Bertz CT molecular complexity index is 750. The predicted octanol–water partition coefficient (Wildman–Crippen LogP) is 4.07. The number of thiocarbonyl (C=S) groups is 1. The highest BCUT2D eigenvalue weighted by Gasteiger charge is 2.05. The number of aromatic amines is 1. The molecule has 0 radical (unpaired) electrons. The highest BCUT2D eigenvalue weighted by molar-refractivity contribution is 7.80. The molecule has 1 aliphatic rings. The largest absolute Gasteiger partial charge is 0.497 e. The lowest BCUT2D eigenvalue weighted by atomic mass is 9.97.